The zero-order valence-electron chi connectivity index (χ0n) is 19.5. The molecule has 2 N–H and O–H groups in total. The Kier molecular flexibility index (Phi) is 6.38. The summed E-state index contributed by atoms with van der Waals surface area (Å²) < 4.78 is 26.5. The van der Waals surface area contributed by atoms with E-state index in [4.69, 9.17) is 38.4 Å². The number of hydrogen-bond acceptors (Lipinski definition) is 5. The number of nitrogens with zero attached hydrogens (tertiary/aromatic N) is 2. The van der Waals surface area contributed by atoms with Crippen molar-refractivity contribution in [1.29, 1.82) is 0 Å². The van der Waals surface area contributed by atoms with Crippen molar-refractivity contribution in [3.63, 3.8) is 0 Å². The summed E-state index contributed by atoms with van der Waals surface area (Å²) in [6.45, 7) is 3.77. The van der Waals surface area contributed by atoms with Crippen molar-refractivity contribution >= 4 is 35.1 Å². The fraction of sp³-hybridized carbons (Fsp3) is 0.296. The number of benzene rings is 2. The minimum Gasteiger partial charge on any atom is -0.482 e. The van der Waals surface area contributed by atoms with Crippen molar-refractivity contribution in [2.24, 2.45) is 0 Å². The monoisotopic (exact) mass is 513 g/mol. The Balaban J connectivity index is 1.40. The van der Waals surface area contributed by atoms with Gasteiger partial charge in [0.25, 0.3) is 0 Å². The number of rotatable bonds is 4. The molecule has 1 aromatic heterocycles. The first-order valence-corrected chi connectivity index (χ1v) is 12.3. The summed E-state index contributed by atoms with van der Waals surface area (Å²) in [5.41, 5.74) is 9.01. The predicted octanol–water partition coefficient (Wildman–Crippen LogP) is 6.79. The van der Waals surface area contributed by atoms with E-state index in [9.17, 15) is 4.39 Å². The molecule has 1 fully saturated rings. The number of hydrogen-bond donors (Lipinski definition) is 1. The van der Waals surface area contributed by atoms with E-state index in [2.05, 4.69) is 35.1 Å². The maximum atomic E-state index is 14.0. The minimum atomic E-state index is -0.643. The number of fused-ring (bicyclic) bond motifs is 1. The van der Waals surface area contributed by atoms with Gasteiger partial charge in [-0.1, -0.05) is 35.3 Å². The molecule has 5 rings (SSSR count). The normalized spacial score (nSPS) is 17.6. The first kappa shape index (κ1) is 23.9. The van der Waals surface area contributed by atoms with Crippen LogP contribution in [0.5, 0.6) is 11.5 Å². The van der Waals surface area contributed by atoms with E-state index < -0.39 is 11.9 Å². The van der Waals surface area contributed by atoms with Crippen LogP contribution in [-0.4, -0.2) is 35.6 Å². The molecule has 0 unspecified atom stereocenters. The first-order valence-electron chi connectivity index (χ1n) is 11.5. The van der Waals surface area contributed by atoms with Gasteiger partial charge in [-0.25, -0.2) is 9.37 Å². The van der Waals surface area contributed by atoms with Gasteiger partial charge in [0.2, 0.25) is 0 Å². The van der Waals surface area contributed by atoms with Gasteiger partial charge in [-0.2, -0.15) is 0 Å². The highest BCUT2D eigenvalue weighted by molar-refractivity contribution is 6.36. The van der Waals surface area contributed by atoms with E-state index in [1.807, 2.05) is 18.2 Å². The number of piperidine rings is 1. The van der Waals surface area contributed by atoms with Gasteiger partial charge < -0.3 is 20.1 Å². The fourth-order valence-corrected chi connectivity index (χ4v) is 5.26. The number of aromatic nitrogens is 1. The summed E-state index contributed by atoms with van der Waals surface area (Å²) in [4.78, 5) is 6.64. The molecule has 2 aromatic carbocycles. The molecule has 1 saturated heterocycles. The van der Waals surface area contributed by atoms with Gasteiger partial charge >= 0.3 is 0 Å². The lowest BCUT2D eigenvalue weighted by molar-refractivity contribution is 0.0473. The lowest BCUT2D eigenvalue weighted by Gasteiger charge is -2.40. The minimum absolute atomic E-state index is 0.0726. The molecule has 0 amide bonds. The zero-order chi connectivity index (χ0) is 24.7. The second-order valence-electron chi connectivity index (χ2n) is 9.18. The van der Waals surface area contributed by atoms with Crippen LogP contribution in [0.4, 0.5) is 10.2 Å². The summed E-state index contributed by atoms with van der Waals surface area (Å²) in [6, 6.07) is 10.6. The molecule has 1 atom stereocenters. The number of pyridine rings is 1. The van der Waals surface area contributed by atoms with Crippen LogP contribution >= 0.6 is 23.2 Å². The Hall–Kier alpha value is -2.80. The third-order valence-electron chi connectivity index (χ3n) is 6.73. The molecule has 2 aliphatic heterocycles. The molecule has 182 valence electrons. The number of nitrogen functional groups attached to an aromatic ring is 1. The van der Waals surface area contributed by atoms with Crippen molar-refractivity contribution < 1.29 is 13.9 Å². The van der Waals surface area contributed by atoms with Crippen LogP contribution in [0.15, 0.2) is 48.7 Å². The largest absolute Gasteiger partial charge is 0.482 e. The maximum absolute atomic E-state index is 14.0. The van der Waals surface area contributed by atoms with Gasteiger partial charge in [-0.05, 0) is 55.9 Å². The standard InChI is InChI=1S/C27H26Cl2FN3O2/c1-16(24-20(28)4-5-21(30)25(24)29)34-23-14-19(15-32-26(23)31)17-3-6-22-18(13-17)7-8-27(35-22)9-11-33(2)12-10-27/h3-8,13-16H,9-12H2,1-2H3,(H2,31,32)/t16-/m1/s1. The highest BCUT2D eigenvalue weighted by Gasteiger charge is 2.35. The van der Waals surface area contributed by atoms with Crippen LogP contribution < -0.4 is 15.2 Å². The van der Waals surface area contributed by atoms with Crippen molar-refractivity contribution in [2.45, 2.75) is 31.5 Å². The molecule has 1 spiro atoms. The van der Waals surface area contributed by atoms with Crippen molar-refractivity contribution in [1.82, 2.24) is 9.88 Å². The average molecular weight is 514 g/mol. The molecule has 3 aromatic rings. The smallest absolute Gasteiger partial charge is 0.166 e. The van der Waals surface area contributed by atoms with Crippen LogP contribution in [0.25, 0.3) is 17.2 Å². The molecule has 2 aliphatic rings. The number of likely N-dealkylation sites (tertiary alicyclic amines) is 1. The van der Waals surface area contributed by atoms with Crippen LogP contribution in [-0.2, 0) is 0 Å². The van der Waals surface area contributed by atoms with E-state index >= 15 is 0 Å². The molecule has 0 saturated carbocycles. The third kappa shape index (κ3) is 4.70. The Bertz CT molecular complexity index is 1310. The second-order valence-corrected chi connectivity index (χ2v) is 9.97. The average Bonchev–Trinajstić information content (AvgIpc) is 2.85. The Morgan fingerprint density at radius 1 is 1.14 bits per heavy atom. The van der Waals surface area contributed by atoms with Crippen LogP contribution in [0, 0.1) is 5.82 Å². The Labute approximate surface area is 214 Å². The summed E-state index contributed by atoms with van der Waals surface area (Å²) in [5, 5.41) is 0.243. The van der Waals surface area contributed by atoms with Crippen molar-refractivity contribution in [2.75, 3.05) is 25.9 Å². The lowest BCUT2D eigenvalue weighted by atomic mass is 9.88. The topological polar surface area (TPSA) is 60.6 Å². The fourth-order valence-electron chi connectivity index (χ4n) is 4.58. The number of halogens is 3. The van der Waals surface area contributed by atoms with E-state index in [0.717, 1.165) is 48.4 Å². The van der Waals surface area contributed by atoms with Gasteiger partial charge in [0.15, 0.2) is 11.6 Å². The molecular weight excluding hydrogens is 488 g/mol. The van der Waals surface area contributed by atoms with Gasteiger partial charge in [0.05, 0.1) is 5.02 Å². The lowest BCUT2D eigenvalue weighted by Crippen LogP contribution is -2.46. The molecular formula is C27H26Cl2FN3O2. The van der Waals surface area contributed by atoms with Gasteiger partial charge in [-0.15, -0.1) is 0 Å². The van der Waals surface area contributed by atoms with E-state index in [0.29, 0.717) is 16.3 Å². The third-order valence-corrected chi connectivity index (χ3v) is 7.44. The van der Waals surface area contributed by atoms with Gasteiger partial charge in [-0.3, -0.25) is 0 Å². The molecule has 5 nitrogen and oxygen atoms in total. The van der Waals surface area contributed by atoms with Crippen LogP contribution in [0.1, 0.15) is 37.0 Å². The van der Waals surface area contributed by atoms with Gasteiger partial charge in [0.1, 0.15) is 23.3 Å². The van der Waals surface area contributed by atoms with Crippen LogP contribution in [0.2, 0.25) is 10.0 Å². The second kappa shape index (κ2) is 9.34. The molecule has 0 bridgehead atoms. The first-order chi connectivity index (χ1) is 16.7. The number of nitrogens with two attached hydrogens (primary N) is 1. The summed E-state index contributed by atoms with van der Waals surface area (Å²) in [5.74, 6) is 0.897. The molecule has 0 aliphatic carbocycles. The number of ether oxygens (including phenoxy) is 2. The Morgan fingerprint density at radius 2 is 1.91 bits per heavy atom. The maximum Gasteiger partial charge on any atom is 0.166 e. The van der Waals surface area contributed by atoms with Crippen molar-refractivity contribution in [3.05, 3.63) is 75.7 Å². The molecule has 0 radical (unpaired) electrons. The summed E-state index contributed by atoms with van der Waals surface area (Å²) in [7, 11) is 2.14. The van der Waals surface area contributed by atoms with E-state index in [-0.39, 0.29) is 16.4 Å². The predicted molar refractivity (Wildman–Crippen MR) is 139 cm³/mol. The highest BCUT2D eigenvalue weighted by atomic mass is 35.5. The van der Waals surface area contributed by atoms with Crippen molar-refractivity contribution in [3.8, 4) is 22.6 Å². The number of anilines is 1. The summed E-state index contributed by atoms with van der Waals surface area (Å²) in [6.07, 6.45) is 7.34. The Morgan fingerprint density at radius 3 is 2.69 bits per heavy atom. The van der Waals surface area contributed by atoms with Gasteiger partial charge in [0, 0.05) is 53.8 Å². The zero-order valence-corrected chi connectivity index (χ0v) is 21.0. The SMILES string of the molecule is C[C@@H](Oc1cc(-c2ccc3c(c2)C=CC2(CCN(C)CC2)O3)cnc1N)c1c(Cl)ccc(F)c1Cl. The molecule has 35 heavy (non-hydrogen) atoms. The summed E-state index contributed by atoms with van der Waals surface area (Å²) >= 11 is 12.4. The molecule has 8 heteroatoms. The molecule has 3 heterocycles. The van der Waals surface area contributed by atoms with Crippen LogP contribution in [0.3, 0.4) is 0 Å². The quantitative estimate of drug-likeness (QED) is 0.389. The van der Waals surface area contributed by atoms with E-state index in [1.165, 1.54) is 12.1 Å². The van der Waals surface area contributed by atoms with E-state index in [1.54, 1.807) is 13.1 Å². The highest BCUT2D eigenvalue weighted by Crippen LogP contribution is 2.40.